The summed E-state index contributed by atoms with van der Waals surface area (Å²) in [5.74, 6) is 0.463. The molecule has 1 aromatic rings. The van der Waals surface area contributed by atoms with E-state index in [0.717, 1.165) is 17.7 Å². The summed E-state index contributed by atoms with van der Waals surface area (Å²) in [5, 5.41) is 0.635. The van der Waals surface area contributed by atoms with Crippen molar-refractivity contribution in [2.45, 2.75) is 43.9 Å². The van der Waals surface area contributed by atoms with Gasteiger partial charge in [-0.1, -0.05) is 36.7 Å². The van der Waals surface area contributed by atoms with Crippen LogP contribution in [0.5, 0.6) is 0 Å². The molecule has 0 saturated carbocycles. The van der Waals surface area contributed by atoms with Crippen molar-refractivity contribution in [1.29, 1.82) is 0 Å². The Morgan fingerprint density at radius 3 is 2.50 bits per heavy atom. The second kappa shape index (κ2) is 7.03. The number of nitrogens with one attached hydrogen (secondary N) is 1. The van der Waals surface area contributed by atoms with E-state index in [0.29, 0.717) is 15.5 Å². The Morgan fingerprint density at radius 1 is 1.39 bits per heavy atom. The first kappa shape index (κ1) is 16.1. The van der Waals surface area contributed by atoms with Crippen molar-refractivity contribution in [2.75, 3.05) is 5.33 Å². The van der Waals surface area contributed by atoms with Crippen LogP contribution < -0.4 is 4.72 Å². The molecule has 6 heteroatoms. The molecular formula is C12H20BrNO2S2. The number of rotatable bonds is 7. The Kier molecular flexibility index (Phi) is 6.30. The fourth-order valence-electron chi connectivity index (χ4n) is 1.68. The highest BCUT2D eigenvalue weighted by molar-refractivity contribution is 9.09. The van der Waals surface area contributed by atoms with Gasteiger partial charge in [-0.25, -0.2) is 13.1 Å². The molecule has 18 heavy (non-hydrogen) atoms. The van der Waals surface area contributed by atoms with Crippen LogP contribution in [-0.2, 0) is 16.4 Å². The number of aryl methyl sites for hydroxylation is 1. The van der Waals surface area contributed by atoms with Crippen molar-refractivity contribution in [3.63, 3.8) is 0 Å². The van der Waals surface area contributed by atoms with Crippen LogP contribution >= 0.6 is 27.3 Å². The summed E-state index contributed by atoms with van der Waals surface area (Å²) >= 11 is 4.71. The third-order valence-corrected chi connectivity index (χ3v) is 6.54. The SMILES string of the molecule is CCc1ccc(S(=O)(=O)NC(CBr)CC(C)C)s1. The first-order chi connectivity index (χ1) is 8.39. The lowest BCUT2D eigenvalue weighted by atomic mass is 10.1. The van der Waals surface area contributed by atoms with Gasteiger partial charge >= 0.3 is 0 Å². The Bertz CT molecular complexity index is 468. The van der Waals surface area contributed by atoms with Crippen LogP contribution in [0.15, 0.2) is 16.3 Å². The average molecular weight is 354 g/mol. The highest BCUT2D eigenvalue weighted by Crippen LogP contribution is 2.22. The molecule has 0 fully saturated rings. The van der Waals surface area contributed by atoms with Gasteiger partial charge in [-0.05, 0) is 30.9 Å². The molecule has 1 aromatic heterocycles. The van der Waals surface area contributed by atoms with Gasteiger partial charge in [0.05, 0.1) is 0 Å². The largest absolute Gasteiger partial charge is 0.250 e. The minimum absolute atomic E-state index is 0.0535. The second-order valence-corrected chi connectivity index (χ2v) is 8.43. The lowest BCUT2D eigenvalue weighted by Crippen LogP contribution is -2.36. The van der Waals surface area contributed by atoms with Crippen molar-refractivity contribution in [3.8, 4) is 0 Å². The molecule has 0 amide bonds. The molecule has 0 aliphatic rings. The zero-order valence-electron chi connectivity index (χ0n) is 10.9. The van der Waals surface area contributed by atoms with Crippen LogP contribution in [0.2, 0.25) is 0 Å². The van der Waals surface area contributed by atoms with Gasteiger partial charge in [0, 0.05) is 16.2 Å². The van der Waals surface area contributed by atoms with Gasteiger partial charge in [0.2, 0.25) is 10.0 Å². The van der Waals surface area contributed by atoms with E-state index in [9.17, 15) is 8.42 Å². The number of thiophene rings is 1. The number of hydrogen-bond acceptors (Lipinski definition) is 3. The minimum atomic E-state index is -3.37. The lowest BCUT2D eigenvalue weighted by Gasteiger charge is -2.17. The summed E-state index contributed by atoms with van der Waals surface area (Å²) < 4.78 is 27.6. The van der Waals surface area contributed by atoms with Gasteiger partial charge in [-0.3, -0.25) is 0 Å². The quantitative estimate of drug-likeness (QED) is 0.763. The number of sulfonamides is 1. The smallest absolute Gasteiger partial charge is 0.207 e. The van der Waals surface area contributed by atoms with E-state index in [4.69, 9.17) is 0 Å². The second-order valence-electron chi connectivity index (χ2n) is 4.68. The highest BCUT2D eigenvalue weighted by Gasteiger charge is 2.21. The summed E-state index contributed by atoms with van der Waals surface area (Å²) in [6.07, 6.45) is 1.70. The molecule has 104 valence electrons. The van der Waals surface area contributed by atoms with Gasteiger partial charge in [0.15, 0.2) is 0 Å². The molecule has 3 nitrogen and oxygen atoms in total. The molecule has 1 unspecified atom stereocenters. The molecule has 1 heterocycles. The standard InChI is InChI=1S/C12H20BrNO2S2/c1-4-11-5-6-12(17-11)18(15,16)14-10(8-13)7-9(2)3/h5-6,9-10,14H,4,7-8H2,1-3H3. The third-order valence-electron chi connectivity index (χ3n) is 2.51. The fraction of sp³-hybridized carbons (Fsp3) is 0.667. The molecule has 1 atom stereocenters. The van der Waals surface area contributed by atoms with Gasteiger partial charge < -0.3 is 0 Å². The summed E-state index contributed by atoms with van der Waals surface area (Å²) in [7, 11) is -3.37. The van der Waals surface area contributed by atoms with E-state index >= 15 is 0 Å². The van der Waals surface area contributed by atoms with Crippen molar-refractivity contribution in [1.82, 2.24) is 4.72 Å². The van der Waals surface area contributed by atoms with E-state index in [1.54, 1.807) is 6.07 Å². The van der Waals surface area contributed by atoms with Crippen LogP contribution in [0.3, 0.4) is 0 Å². The van der Waals surface area contributed by atoms with Gasteiger partial charge in [0.25, 0.3) is 0 Å². The molecule has 1 rings (SSSR count). The van der Waals surface area contributed by atoms with Gasteiger partial charge in [0.1, 0.15) is 4.21 Å². The fourth-order valence-corrected chi connectivity index (χ4v) is 4.88. The highest BCUT2D eigenvalue weighted by atomic mass is 79.9. The third kappa shape index (κ3) is 4.64. The summed E-state index contributed by atoms with van der Waals surface area (Å²) in [5.41, 5.74) is 0. The minimum Gasteiger partial charge on any atom is -0.207 e. The van der Waals surface area contributed by atoms with Crippen molar-refractivity contribution in [2.24, 2.45) is 5.92 Å². The summed E-state index contributed by atoms with van der Waals surface area (Å²) in [6.45, 7) is 6.20. The molecule has 0 saturated heterocycles. The monoisotopic (exact) mass is 353 g/mol. The number of hydrogen-bond donors (Lipinski definition) is 1. The molecule has 0 spiro atoms. The van der Waals surface area contributed by atoms with Crippen molar-refractivity contribution < 1.29 is 8.42 Å². The molecule has 0 aliphatic carbocycles. The van der Waals surface area contributed by atoms with Crippen LogP contribution in [-0.4, -0.2) is 19.8 Å². The molecule has 1 N–H and O–H groups in total. The maximum Gasteiger partial charge on any atom is 0.250 e. The summed E-state index contributed by atoms with van der Waals surface area (Å²) in [4.78, 5) is 1.09. The normalized spacial score (nSPS) is 14.1. The Labute approximate surface area is 122 Å². The summed E-state index contributed by atoms with van der Waals surface area (Å²) in [6, 6.07) is 3.51. The maximum absolute atomic E-state index is 12.2. The molecule has 0 bridgehead atoms. The predicted octanol–water partition coefficient (Wildman–Crippen LogP) is 3.40. The molecular weight excluding hydrogens is 334 g/mol. The van der Waals surface area contributed by atoms with Crippen molar-refractivity contribution in [3.05, 3.63) is 17.0 Å². The molecule has 0 radical (unpaired) electrons. The van der Waals surface area contributed by atoms with Crippen LogP contribution in [0, 0.1) is 5.92 Å². The van der Waals surface area contributed by atoms with E-state index in [2.05, 4.69) is 34.5 Å². The van der Waals surface area contributed by atoms with E-state index in [-0.39, 0.29) is 6.04 Å². The van der Waals surface area contributed by atoms with Crippen LogP contribution in [0.1, 0.15) is 32.1 Å². The van der Waals surface area contributed by atoms with E-state index in [1.807, 2.05) is 13.0 Å². The number of halogens is 1. The van der Waals surface area contributed by atoms with Gasteiger partial charge in [-0.15, -0.1) is 11.3 Å². The Hall–Kier alpha value is 0.0900. The zero-order valence-corrected chi connectivity index (χ0v) is 14.2. The molecule has 0 aromatic carbocycles. The average Bonchev–Trinajstić information content (AvgIpc) is 2.76. The number of alkyl halides is 1. The first-order valence-electron chi connectivity index (χ1n) is 6.06. The van der Waals surface area contributed by atoms with E-state index < -0.39 is 10.0 Å². The zero-order chi connectivity index (χ0) is 13.8. The Balaban J connectivity index is 2.80. The van der Waals surface area contributed by atoms with Gasteiger partial charge in [-0.2, -0.15) is 0 Å². The Morgan fingerprint density at radius 2 is 2.06 bits per heavy atom. The van der Waals surface area contributed by atoms with Crippen molar-refractivity contribution >= 4 is 37.3 Å². The molecule has 0 aliphatic heterocycles. The lowest BCUT2D eigenvalue weighted by molar-refractivity contribution is 0.489. The predicted molar refractivity (Wildman–Crippen MR) is 81.1 cm³/mol. The topological polar surface area (TPSA) is 46.2 Å². The maximum atomic E-state index is 12.2. The first-order valence-corrected chi connectivity index (χ1v) is 9.48. The van der Waals surface area contributed by atoms with Crippen LogP contribution in [0.25, 0.3) is 0 Å². The van der Waals surface area contributed by atoms with E-state index in [1.165, 1.54) is 11.3 Å². The van der Waals surface area contributed by atoms with Crippen LogP contribution in [0.4, 0.5) is 0 Å².